The number of carbonyl (C=O) groups is 1. The van der Waals surface area contributed by atoms with Gasteiger partial charge in [-0.3, -0.25) is 4.79 Å². The van der Waals surface area contributed by atoms with E-state index in [1.165, 1.54) is 18.2 Å². The van der Waals surface area contributed by atoms with Crippen molar-refractivity contribution in [3.8, 4) is 11.5 Å². The van der Waals surface area contributed by atoms with Crippen LogP contribution in [0.5, 0.6) is 11.5 Å². The lowest BCUT2D eigenvalue weighted by atomic mass is 10.0. The molecular weight excluding hydrogens is 421 g/mol. The molecule has 178 valence electrons. The van der Waals surface area contributed by atoms with Crippen molar-refractivity contribution < 1.29 is 18.7 Å². The first-order valence-corrected chi connectivity index (χ1v) is 11.5. The Morgan fingerprint density at radius 3 is 2.55 bits per heavy atom. The summed E-state index contributed by atoms with van der Waals surface area (Å²) in [4.78, 5) is 17.3. The molecule has 1 N–H and O–H groups in total. The van der Waals surface area contributed by atoms with Crippen LogP contribution < -0.4 is 19.7 Å². The lowest BCUT2D eigenvalue weighted by Crippen LogP contribution is -2.46. The van der Waals surface area contributed by atoms with Gasteiger partial charge in [0.15, 0.2) is 11.5 Å². The van der Waals surface area contributed by atoms with Crippen LogP contribution in [0.15, 0.2) is 42.5 Å². The Morgan fingerprint density at radius 1 is 1.12 bits per heavy atom. The van der Waals surface area contributed by atoms with Crippen molar-refractivity contribution in [3.05, 3.63) is 59.4 Å². The molecule has 0 bridgehead atoms. The molecule has 3 rings (SSSR count). The normalized spacial score (nSPS) is 15.5. The fourth-order valence-corrected chi connectivity index (χ4v) is 4.04. The predicted molar refractivity (Wildman–Crippen MR) is 130 cm³/mol. The zero-order valence-electron chi connectivity index (χ0n) is 19.9. The standard InChI is InChI=1S/C26H34FN3O3/c1-5-29-13-15-30(16-14-29)23-10-9-21(27)18-22(23)19(3)28-26(31)12-8-20-7-11-24(32-4)25(17-20)33-6-2/h7-12,17-19H,5-6,13-16H2,1-4H3,(H,28,31)/b12-8+. The van der Waals surface area contributed by atoms with Crippen molar-refractivity contribution in [3.63, 3.8) is 0 Å². The summed E-state index contributed by atoms with van der Waals surface area (Å²) < 4.78 is 25.0. The quantitative estimate of drug-likeness (QED) is 0.573. The summed E-state index contributed by atoms with van der Waals surface area (Å²) in [7, 11) is 1.59. The molecule has 1 aliphatic rings. The lowest BCUT2D eigenvalue weighted by Gasteiger charge is -2.37. The number of halogens is 1. The van der Waals surface area contributed by atoms with Gasteiger partial charge in [-0.15, -0.1) is 0 Å². The van der Waals surface area contributed by atoms with Crippen LogP contribution in [-0.2, 0) is 4.79 Å². The Kier molecular flexibility index (Phi) is 8.72. The Labute approximate surface area is 196 Å². The Morgan fingerprint density at radius 2 is 1.88 bits per heavy atom. The Hall–Kier alpha value is -3.06. The number of piperazine rings is 1. The molecule has 1 heterocycles. The number of anilines is 1. The second-order valence-corrected chi connectivity index (χ2v) is 8.03. The van der Waals surface area contributed by atoms with Gasteiger partial charge in [-0.1, -0.05) is 13.0 Å². The maximum Gasteiger partial charge on any atom is 0.244 e. The number of hydrogen-bond acceptors (Lipinski definition) is 5. The molecule has 6 nitrogen and oxygen atoms in total. The SMILES string of the molecule is CCOc1cc(/C=C/C(=O)NC(C)c2cc(F)ccc2N2CCN(CC)CC2)ccc1OC. The van der Waals surface area contributed by atoms with Crippen molar-refractivity contribution in [2.24, 2.45) is 0 Å². The van der Waals surface area contributed by atoms with Crippen LogP contribution in [0.2, 0.25) is 0 Å². The van der Waals surface area contributed by atoms with Gasteiger partial charge < -0.3 is 24.6 Å². The molecular formula is C26H34FN3O3. The van der Waals surface area contributed by atoms with Crippen molar-refractivity contribution in [2.75, 3.05) is 51.3 Å². The van der Waals surface area contributed by atoms with Gasteiger partial charge in [0.25, 0.3) is 0 Å². The molecule has 1 saturated heterocycles. The third kappa shape index (κ3) is 6.48. The van der Waals surface area contributed by atoms with Crippen LogP contribution in [0.25, 0.3) is 6.08 Å². The minimum Gasteiger partial charge on any atom is -0.493 e. The molecule has 1 aliphatic heterocycles. The van der Waals surface area contributed by atoms with Crippen LogP contribution in [-0.4, -0.2) is 57.2 Å². The summed E-state index contributed by atoms with van der Waals surface area (Å²) in [6, 6.07) is 9.98. The number of amides is 1. The zero-order valence-corrected chi connectivity index (χ0v) is 19.9. The molecule has 0 aliphatic carbocycles. The van der Waals surface area contributed by atoms with Crippen LogP contribution in [0.3, 0.4) is 0 Å². The highest BCUT2D eigenvalue weighted by atomic mass is 19.1. The van der Waals surface area contributed by atoms with Gasteiger partial charge in [-0.05, 0) is 62.4 Å². The van der Waals surface area contributed by atoms with Crippen LogP contribution in [0.1, 0.15) is 37.9 Å². The maximum atomic E-state index is 14.1. The molecule has 0 spiro atoms. The first-order valence-electron chi connectivity index (χ1n) is 11.5. The summed E-state index contributed by atoms with van der Waals surface area (Å²) in [5.74, 6) is 0.718. The van der Waals surface area contributed by atoms with Crippen molar-refractivity contribution in [2.45, 2.75) is 26.8 Å². The number of benzene rings is 2. The summed E-state index contributed by atoms with van der Waals surface area (Å²) in [6.45, 7) is 11.2. The van der Waals surface area contributed by atoms with Crippen molar-refractivity contribution >= 4 is 17.7 Å². The average molecular weight is 456 g/mol. The van der Waals surface area contributed by atoms with E-state index in [4.69, 9.17) is 9.47 Å². The van der Waals surface area contributed by atoms with E-state index < -0.39 is 0 Å². The number of ether oxygens (including phenoxy) is 2. The molecule has 0 saturated carbocycles. The average Bonchev–Trinajstić information content (AvgIpc) is 2.83. The van der Waals surface area contributed by atoms with Crippen LogP contribution in [0, 0.1) is 5.82 Å². The van der Waals surface area contributed by atoms with E-state index in [9.17, 15) is 9.18 Å². The van der Waals surface area contributed by atoms with Gasteiger partial charge in [0, 0.05) is 43.5 Å². The van der Waals surface area contributed by atoms with Gasteiger partial charge in [-0.2, -0.15) is 0 Å². The first kappa shape index (κ1) is 24.6. The van der Waals surface area contributed by atoms with Gasteiger partial charge >= 0.3 is 0 Å². The zero-order chi connectivity index (χ0) is 23.8. The summed E-state index contributed by atoms with van der Waals surface area (Å²) >= 11 is 0. The second kappa shape index (κ2) is 11.7. The largest absolute Gasteiger partial charge is 0.493 e. The fourth-order valence-electron chi connectivity index (χ4n) is 4.04. The van der Waals surface area contributed by atoms with E-state index in [-0.39, 0.29) is 17.8 Å². The summed E-state index contributed by atoms with van der Waals surface area (Å²) in [5.41, 5.74) is 2.58. The minimum absolute atomic E-state index is 0.248. The lowest BCUT2D eigenvalue weighted by molar-refractivity contribution is -0.117. The number of likely N-dealkylation sites (N-methyl/N-ethyl adjacent to an activating group) is 1. The van der Waals surface area contributed by atoms with Gasteiger partial charge in [0.1, 0.15) is 5.82 Å². The smallest absolute Gasteiger partial charge is 0.244 e. The van der Waals surface area contributed by atoms with E-state index in [2.05, 4.69) is 22.0 Å². The monoisotopic (exact) mass is 455 g/mol. The molecule has 33 heavy (non-hydrogen) atoms. The highest BCUT2D eigenvalue weighted by molar-refractivity contribution is 5.92. The highest BCUT2D eigenvalue weighted by Gasteiger charge is 2.21. The van der Waals surface area contributed by atoms with Gasteiger partial charge in [0.05, 0.1) is 19.8 Å². The van der Waals surface area contributed by atoms with Gasteiger partial charge in [0.2, 0.25) is 5.91 Å². The van der Waals surface area contributed by atoms with Crippen molar-refractivity contribution in [1.82, 2.24) is 10.2 Å². The molecule has 0 aromatic heterocycles. The highest BCUT2D eigenvalue weighted by Crippen LogP contribution is 2.30. The molecule has 2 aromatic rings. The summed E-state index contributed by atoms with van der Waals surface area (Å²) in [5, 5.41) is 2.97. The van der Waals surface area contributed by atoms with E-state index in [1.54, 1.807) is 13.2 Å². The number of rotatable bonds is 9. The van der Waals surface area contributed by atoms with E-state index in [0.717, 1.165) is 49.5 Å². The first-order chi connectivity index (χ1) is 15.9. The molecule has 1 fully saturated rings. The molecule has 1 unspecified atom stereocenters. The fraction of sp³-hybridized carbons (Fsp3) is 0.423. The van der Waals surface area contributed by atoms with E-state index >= 15 is 0 Å². The Bertz CT molecular complexity index is 971. The third-order valence-corrected chi connectivity index (χ3v) is 5.89. The molecule has 0 radical (unpaired) electrons. The number of carbonyl (C=O) groups excluding carboxylic acids is 1. The van der Waals surface area contributed by atoms with Crippen molar-refractivity contribution in [1.29, 1.82) is 0 Å². The van der Waals surface area contributed by atoms with Gasteiger partial charge in [-0.25, -0.2) is 4.39 Å². The topological polar surface area (TPSA) is 54.0 Å². The third-order valence-electron chi connectivity index (χ3n) is 5.89. The molecule has 1 atom stereocenters. The second-order valence-electron chi connectivity index (χ2n) is 8.03. The molecule has 7 heteroatoms. The van der Waals surface area contributed by atoms with E-state index in [0.29, 0.717) is 18.1 Å². The maximum absolute atomic E-state index is 14.1. The van der Waals surface area contributed by atoms with Crippen LogP contribution >= 0.6 is 0 Å². The minimum atomic E-state index is -0.341. The number of methoxy groups -OCH3 is 1. The van der Waals surface area contributed by atoms with E-state index in [1.807, 2.05) is 38.1 Å². The number of nitrogens with one attached hydrogen (secondary N) is 1. The predicted octanol–water partition coefficient (Wildman–Crippen LogP) is 4.27. The van der Waals surface area contributed by atoms with Crippen LogP contribution in [0.4, 0.5) is 10.1 Å². The molecule has 1 amide bonds. The Balaban J connectivity index is 1.70. The molecule has 2 aromatic carbocycles. The number of nitrogens with zero attached hydrogens (tertiary/aromatic N) is 2. The number of hydrogen-bond donors (Lipinski definition) is 1. The summed E-state index contributed by atoms with van der Waals surface area (Å²) in [6.07, 6.45) is 3.20.